The van der Waals surface area contributed by atoms with Gasteiger partial charge in [-0.15, -0.1) is 0 Å². The number of rotatable bonds is 3. The maximum atomic E-state index is 12.3. The van der Waals surface area contributed by atoms with Gasteiger partial charge in [0.05, 0.1) is 10.5 Å². The van der Waals surface area contributed by atoms with Gasteiger partial charge in [0.1, 0.15) is 6.07 Å². The highest BCUT2D eigenvalue weighted by Gasteiger charge is 2.27. The monoisotopic (exact) mass is 280 g/mol. The Hall–Kier alpha value is -1.62. The third-order valence-electron chi connectivity index (χ3n) is 3.13. The number of benzene rings is 1. The minimum absolute atomic E-state index is 0.0150. The first-order valence-electron chi connectivity index (χ1n) is 5.93. The van der Waals surface area contributed by atoms with E-state index in [2.05, 4.69) is 9.62 Å². The summed E-state index contributed by atoms with van der Waals surface area (Å²) in [6.07, 6.45) is 0.770. The van der Waals surface area contributed by atoms with Crippen molar-refractivity contribution in [2.24, 2.45) is 0 Å². The molecule has 0 bridgehead atoms. The van der Waals surface area contributed by atoms with E-state index in [9.17, 15) is 8.42 Å². The Morgan fingerprint density at radius 2 is 2.26 bits per heavy atom. The summed E-state index contributed by atoms with van der Waals surface area (Å²) in [5, 5.41) is 9.00. The number of anilines is 1. The predicted octanol–water partition coefficient (Wildman–Crippen LogP) is 0.123. The van der Waals surface area contributed by atoms with E-state index in [0.717, 1.165) is 13.0 Å². The lowest BCUT2D eigenvalue weighted by Gasteiger charge is -2.14. The van der Waals surface area contributed by atoms with Crippen LogP contribution in [0.15, 0.2) is 23.1 Å². The number of likely N-dealkylation sites (tertiary alicyclic amines) is 1. The van der Waals surface area contributed by atoms with Crippen molar-refractivity contribution in [1.29, 1.82) is 5.26 Å². The summed E-state index contributed by atoms with van der Waals surface area (Å²) in [5.41, 5.74) is 5.99. The van der Waals surface area contributed by atoms with E-state index in [1.807, 2.05) is 13.1 Å². The second-order valence-electron chi connectivity index (χ2n) is 4.74. The fourth-order valence-electron chi connectivity index (χ4n) is 2.18. The first-order chi connectivity index (χ1) is 8.92. The van der Waals surface area contributed by atoms with Crippen LogP contribution in [0.4, 0.5) is 5.69 Å². The molecule has 1 aliphatic rings. The SMILES string of the molecule is CN1CCC(NS(=O)(=O)c2ccc(N)cc2C#N)C1. The topological polar surface area (TPSA) is 99.2 Å². The summed E-state index contributed by atoms with van der Waals surface area (Å²) in [4.78, 5) is 2.04. The van der Waals surface area contributed by atoms with Crippen LogP contribution in [-0.2, 0) is 10.0 Å². The number of nitrogens with two attached hydrogens (primary N) is 1. The van der Waals surface area contributed by atoms with Crippen LogP contribution < -0.4 is 10.5 Å². The molecule has 6 nitrogen and oxygen atoms in total. The fourth-order valence-corrected chi connectivity index (χ4v) is 3.58. The number of sulfonamides is 1. The Kier molecular flexibility index (Phi) is 3.75. The summed E-state index contributed by atoms with van der Waals surface area (Å²) in [7, 11) is -1.74. The number of nitrogen functional groups attached to an aromatic ring is 1. The third kappa shape index (κ3) is 3.04. The van der Waals surface area contributed by atoms with Gasteiger partial charge < -0.3 is 10.6 Å². The molecule has 0 amide bonds. The van der Waals surface area contributed by atoms with Gasteiger partial charge in [-0.3, -0.25) is 0 Å². The molecule has 0 radical (unpaired) electrons. The van der Waals surface area contributed by atoms with Crippen LogP contribution in [-0.4, -0.2) is 39.5 Å². The van der Waals surface area contributed by atoms with Crippen molar-refractivity contribution in [2.75, 3.05) is 25.9 Å². The number of nitrogens with zero attached hydrogens (tertiary/aromatic N) is 2. The van der Waals surface area contributed by atoms with Crippen LogP contribution in [0.1, 0.15) is 12.0 Å². The molecule has 1 aliphatic heterocycles. The molecule has 1 aromatic rings. The lowest BCUT2D eigenvalue weighted by atomic mass is 10.2. The molecule has 1 saturated heterocycles. The van der Waals surface area contributed by atoms with Crippen molar-refractivity contribution >= 4 is 15.7 Å². The summed E-state index contributed by atoms with van der Waals surface area (Å²) < 4.78 is 27.2. The second kappa shape index (κ2) is 5.17. The Labute approximate surface area is 112 Å². The first kappa shape index (κ1) is 13.8. The van der Waals surface area contributed by atoms with Gasteiger partial charge in [0, 0.05) is 18.3 Å². The second-order valence-corrected chi connectivity index (χ2v) is 6.42. The quantitative estimate of drug-likeness (QED) is 0.766. The Morgan fingerprint density at radius 3 is 2.84 bits per heavy atom. The molecular formula is C12H16N4O2S. The van der Waals surface area contributed by atoms with Crippen molar-refractivity contribution in [3.63, 3.8) is 0 Å². The molecule has 0 aromatic heterocycles. The van der Waals surface area contributed by atoms with E-state index >= 15 is 0 Å². The van der Waals surface area contributed by atoms with Crippen molar-refractivity contribution < 1.29 is 8.42 Å². The molecule has 1 aromatic carbocycles. The van der Waals surface area contributed by atoms with Gasteiger partial charge in [0.2, 0.25) is 10.0 Å². The number of nitrogens with one attached hydrogen (secondary N) is 1. The zero-order chi connectivity index (χ0) is 14.0. The van der Waals surface area contributed by atoms with Gasteiger partial charge >= 0.3 is 0 Å². The van der Waals surface area contributed by atoms with E-state index in [1.165, 1.54) is 18.2 Å². The minimum Gasteiger partial charge on any atom is -0.399 e. The maximum absolute atomic E-state index is 12.3. The number of hydrogen-bond donors (Lipinski definition) is 2. The number of likely N-dealkylation sites (N-methyl/N-ethyl adjacent to an activating group) is 1. The van der Waals surface area contributed by atoms with Crippen LogP contribution >= 0.6 is 0 Å². The zero-order valence-corrected chi connectivity index (χ0v) is 11.4. The Balaban J connectivity index is 2.27. The normalized spacial score (nSPS) is 20.3. The fraction of sp³-hybridized carbons (Fsp3) is 0.417. The first-order valence-corrected chi connectivity index (χ1v) is 7.41. The summed E-state index contributed by atoms with van der Waals surface area (Å²) in [6, 6.07) is 5.98. The lowest BCUT2D eigenvalue weighted by Crippen LogP contribution is -2.36. The molecule has 1 unspecified atom stereocenters. The highest BCUT2D eigenvalue weighted by molar-refractivity contribution is 7.89. The van der Waals surface area contributed by atoms with Crippen LogP contribution in [0.3, 0.4) is 0 Å². The number of nitriles is 1. The predicted molar refractivity (Wildman–Crippen MR) is 71.8 cm³/mol. The van der Waals surface area contributed by atoms with E-state index in [1.54, 1.807) is 0 Å². The van der Waals surface area contributed by atoms with E-state index in [0.29, 0.717) is 12.2 Å². The summed E-state index contributed by atoms with van der Waals surface area (Å²) in [5.74, 6) is 0. The summed E-state index contributed by atoms with van der Waals surface area (Å²) >= 11 is 0. The molecule has 102 valence electrons. The van der Waals surface area contributed by atoms with Gasteiger partial charge in [-0.05, 0) is 38.2 Å². The van der Waals surface area contributed by atoms with Gasteiger partial charge in [-0.2, -0.15) is 5.26 Å². The Morgan fingerprint density at radius 1 is 1.53 bits per heavy atom. The van der Waals surface area contributed by atoms with Crippen molar-refractivity contribution in [2.45, 2.75) is 17.4 Å². The highest BCUT2D eigenvalue weighted by atomic mass is 32.2. The molecule has 0 spiro atoms. The van der Waals surface area contributed by atoms with Crippen LogP contribution in [0.5, 0.6) is 0 Å². The number of hydrogen-bond acceptors (Lipinski definition) is 5. The van der Waals surface area contributed by atoms with Gasteiger partial charge in [-0.25, -0.2) is 13.1 Å². The molecule has 2 rings (SSSR count). The molecule has 19 heavy (non-hydrogen) atoms. The molecular weight excluding hydrogens is 264 g/mol. The van der Waals surface area contributed by atoms with Crippen molar-refractivity contribution in [1.82, 2.24) is 9.62 Å². The standard InChI is InChI=1S/C12H16N4O2S/c1-16-5-4-11(8-16)15-19(17,18)12-3-2-10(14)6-9(12)7-13/h2-3,6,11,15H,4-5,8,14H2,1H3. The van der Waals surface area contributed by atoms with Crippen molar-refractivity contribution in [3.8, 4) is 6.07 Å². The van der Waals surface area contributed by atoms with E-state index in [-0.39, 0.29) is 16.5 Å². The van der Waals surface area contributed by atoms with E-state index < -0.39 is 10.0 Å². The van der Waals surface area contributed by atoms with Gasteiger partial charge in [-0.1, -0.05) is 0 Å². The smallest absolute Gasteiger partial charge is 0.242 e. The average molecular weight is 280 g/mol. The minimum atomic E-state index is -3.68. The molecule has 1 atom stereocenters. The molecule has 1 fully saturated rings. The summed E-state index contributed by atoms with van der Waals surface area (Å²) in [6.45, 7) is 1.54. The Bertz CT molecular complexity index is 621. The molecule has 3 N–H and O–H groups in total. The molecule has 0 saturated carbocycles. The third-order valence-corrected chi connectivity index (χ3v) is 4.71. The van der Waals surface area contributed by atoms with Gasteiger partial charge in [0.25, 0.3) is 0 Å². The lowest BCUT2D eigenvalue weighted by molar-refractivity contribution is 0.407. The van der Waals surface area contributed by atoms with Gasteiger partial charge in [0.15, 0.2) is 0 Å². The van der Waals surface area contributed by atoms with Crippen LogP contribution in [0, 0.1) is 11.3 Å². The molecule has 1 heterocycles. The van der Waals surface area contributed by atoms with Crippen molar-refractivity contribution in [3.05, 3.63) is 23.8 Å². The molecule has 0 aliphatic carbocycles. The van der Waals surface area contributed by atoms with Crippen LogP contribution in [0.25, 0.3) is 0 Å². The molecule has 7 heteroatoms. The van der Waals surface area contributed by atoms with Crippen LogP contribution in [0.2, 0.25) is 0 Å². The average Bonchev–Trinajstić information content (AvgIpc) is 2.73. The largest absolute Gasteiger partial charge is 0.399 e. The zero-order valence-electron chi connectivity index (χ0n) is 10.6. The maximum Gasteiger partial charge on any atom is 0.242 e. The van der Waals surface area contributed by atoms with E-state index in [4.69, 9.17) is 11.0 Å². The highest BCUT2D eigenvalue weighted by Crippen LogP contribution is 2.19.